The van der Waals surface area contributed by atoms with Gasteiger partial charge in [-0.2, -0.15) is 0 Å². The standard InChI is InChI=1S/C55H39NO/c1-55(2)48-24-10-8-21-45(48)46-31-30-42(35-49(46)55)56(41-19-12-18-40(34-41)44-23-13-17-38-16-6-7-20-43(38)44)50-32-33-52-54(47-22-9-11-25-51(47)57-52)53(50)39-28-26-37(27-29-39)36-14-4-3-5-15-36/h3-35H,1-2H3. The maximum absolute atomic E-state index is 6.58. The van der Waals surface area contributed by atoms with Crippen molar-refractivity contribution in [3.8, 4) is 44.5 Å². The van der Waals surface area contributed by atoms with E-state index in [0.29, 0.717) is 0 Å². The van der Waals surface area contributed by atoms with Gasteiger partial charge in [-0.3, -0.25) is 0 Å². The van der Waals surface area contributed by atoms with Crippen LogP contribution in [0.15, 0.2) is 205 Å². The molecular formula is C55H39NO. The number of fused-ring (bicyclic) bond motifs is 7. The summed E-state index contributed by atoms with van der Waals surface area (Å²) in [6.07, 6.45) is 0. The maximum atomic E-state index is 6.58. The molecule has 9 aromatic carbocycles. The fraction of sp³-hybridized carbons (Fsp3) is 0.0545. The zero-order valence-electron chi connectivity index (χ0n) is 31.9. The third-order valence-corrected chi connectivity index (χ3v) is 12.1. The van der Waals surface area contributed by atoms with Gasteiger partial charge in [0.2, 0.25) is 0 Å². The fourth-order valence-corrected chi connectivity index (χ4v) is 9.29. The Morgan fingerprint density at radius 1 is 0.404 bits per heavy atom. The van der Waals surface area contributed by atoms with Crippen molar-refractivity contribution < 1.29 is 4.42 Å². The van der Waals surface area contributed by atoms with Gasteiger partial charge in [-0.25, -0.2) is 0 Å². The maximum Gasteiger partial charge on any atom is 0.136 e. The molecule has 2 nitrogen and oxygen atoms in total. The molecule has 0 fully saturated rings. The number of furan rings is 1. The zero-order valence-corrected chi connectivity index (χ0v) is 31.9. The van der Waals surface area contributed by atoms with Gasteiger partial charge in [-0.15, -0.1) is 0 Å². The lowest BCUT2D eigenvalue weighted by molar-refractivity contribution is 0.660. The Morgan fingerprint density at radius 2 is 1.04 bits per heavy atom. The minimum absolute atomic E-state index is 0.154. The average Bonchev–Trinajstić information content (AvgIpc) is 3.76. The van der Waals surface area contributed by atoms with Gasteiger partial charge in [0, 0.05) is 33.1 Å². The van der Waals surface area contributed by atoms with Crippen molar-refractivity contribution in [3.63, 3.8) is 0 Å². The summed E-state index contributed by atoms with van der Waals surface area (Å²) in [5.41, 5.74) is 17.2. The molecule has 0 bridgehead atoms. The first kappa shape index (κ1) is 33.2. The van der Waals surface area contributed by atoms with Gasteiger partial charge < -0.3 is 9.32 Å². The van der Waals surface area contributed by atoms with Gasteiger partial charge in [-0.1, -0.05) is 172 Å². The molecule has 0 amide bonds. The van der Waals surface area contributed by atoms with E-state index in [1.807, 2.05) is 0 Å². The van der Waals surface area contributed by atoms with Crippen molar-refractivity contribution >= 4 is 49.8 Å². The minimum Gasteiger partial charge on any atom is -0.456 e. The molecule has 10 aromatic rings. The van der Waals surface area contributed by atoms with Crippen LogP contribution < -0.4 is 4.90 Å². The van der Waals surface area contributed by atoms with Crippen molar-refractivity contribution in [2.24, 2.45) is 0 Å². The Balaban J connectivity index is 1.19. The van der Waals surface area contributed by atoms with Crippen LogP contribution in [0.25, 0.3) is 77.2 Å². The van der Waals surface area contributed by atoms with E-state index in [4.69, 9.17) is 4.42 Å². The Labute approximate surface area is 332 Å². The smallest absolute Gasteiger partial charge is 0.136 e. The zero-order chi connectivity index (χ0) is 38.1. The summed E-state index contributed by atoms with van der Waals surface area (Å²) in [5, 5.41) is 4.69. The number of para-hydroxylation sites is 1. The van der Waals surface area contributed by atoms with E-state index in [2.05, 4.69) is 219 Å². The van der Waals surface area contributed by atoms with Crippen molar-refractivity contribution in [1.82, 2.24) is 0 Å². The Hall–Kier alpha value is -7.16. The van der Waals surface area contributed by atoms with Crippen molar-refractivity contribution in [1.29, 1.82) is 0 Å². The summed E-state index contributed by atoms with van der Waals surface area (Å²) in [5.74, 6) is 0. The molecular weight excluding hydrogens is 691 g/mol. The Bertz CT molecular complexity index is 3150. The van der Waals surface area contributed by atoms with E-state index < -0.39 is 0 Å². The molecule has 2 heteroatoms. The van der Waals surface area contributed by atoms with E-state index >= 15 is 0 Å². The molecule has 0 N–H and O–H groups in total. The summed E-state index contributed by atoms with van der Waals surface area (Å²) >= 11 is 0. The molecule has 0 radical (unpaired) electrons. The molecule has 0 saturated heterocycles. The van der Waals surface area contributed by atoms with Gasteiger partial charge in [0.15, 0.2) is 0 Å². The van der Waals surface area contributed by atoms with Crippen LogP contribution >= 0.6 is 0 Å². The number of anilines is 3. The molecule has 0 spiro atoms. The van der Waals surface area contributed by atoms with Gasteiger partial charge in [0.25, 0.3) is 0 Å². The van der Waals surface area contributed by atoms with Crippen molar-refractivity contribution in [2.75, 3.05) is 4.90 Å². The van der Waals surface area contributed by atoms with Crippen LogP contribution in [0, 0.1) is 0 Å². The SMILES string of the molecule is CC1(C)c2ccccc2-c2ccc(N(c3cccc(-c4cccc5ccccc45)c3)c3ccc4oc5ccccc5c4c3-c3ccc(-c4ccccc4)cc3)cc21. The molecule has 0 aliphatic heterocycles. The van der Waals surface area contributed by atoms with Crippen LogP contribution in [0.1, 0.15) is 25.0 Å². The minimum atomic E-state index is -0.154. The average molecular weight is 730 g/mol. The third-order valence-electron chi connectivity index (χ3n) is 12.1. The second-order valence-electron chi connectivity index (χ2n) is 15.7. The fourth-order valence-electron chi connectivity index (χ4n) is 9.29. The van der Waals surface area contributed by atoms with Crippen molar-refractivity contribution in [2.45, 2.75) is 19.3 Å². The number of hydrogen-bond donors (Lipinski definition) is 0. The van der Waals surface area contributed by atoms with Gasteiger partial charge >= 0.3 is 0 Å². The van der Waals surface area contributed by atoms with Crippen LogP contribution in [0.3, 0.4) is 0 Å². The van der Waals surface area contributed by atoms with Crippen LogP contribution in [-0.4, -0.2) is 0 Å². The number of hydrogen-bond acceptors (Lipinski definition) is 2. The van der Waals surface area contributed by atoms with E-state index in [1.165, 1.54) is 55.3 Å². The van der Waals surface area contributed by atoms with Gasteiger partial charge in [0.1, 0.15) is 11.2 Å². The van der Waals surface area contributed by atoms with Crippen molar-refractivity contribution in [3.05, 3.63) is 211 Å². The Morgan fingerprint density at radius 3 is 1.91 bits per heavy atom. The first-order chi connectivity index (χ1) is 28.0. The molecule has 1 heterocycles. The summed E-state index contributed by atoms with van der Waals surface area (Å²) in [6.45, 7) is 4.71. The highest BCUT2D eigenvalue weighted by atomic mass is 16.3. The van der Waals surface area contributed by atoms with Gasteiger partial charge in [0.05, 0.1) is 5.69 Å². The number of benzene rings is 9. The highest BCUT2D eigenvalue weighted by Gasteiger charge is 2.36. The second kappa shape index (κ2) is 13.0. The van der Waals surface area contributed by atoms with Crippen LogP contribution in [-0.2, 0) is 5.41 Å². The highest BCUT2D eigenvalue weighted by molar-refractivity contribution is 6.16. The summed E-state index contributed by atoms with van der Waals surface area (Å²) < 4.78 is 6.58. The van der Waals surface area contributed by atoms with E-state index in [0.717, 1.165) is 50.1 Å². The van der Waals surface area contributed by atoms with Gasteiger partial charge in [-0.05, 0) is 103 Å². The van der Waals surface area contributed by atoms with Crippen LogP contribution in [0.2, 0.25) is 0 Å². The molecule has 1 aromatic heterocycles. The number of nitrogens with zero attached hydrogens (tertiary/aromatic N) is 1. The lowest BCUT2D eigenvalue weighted by Gasteiger charge is -2.30. The third kappa shape index (κ3) is 5.33. The second-order valence-corrected chi connectivity index (χ2v) is 15.7. The lowest BCUT2D eigenvalue weighted by Crippen LogP contribution is -2.17. The number of rotatable bonds is 6. The Kier molecular flexibility index (Phi) is 7.55. The molecule has 0 saturated carbocycles. The molecule has 270 valence electrons. The predicted molar refractivity (Wildman–Crippen MR) is 240 cm³/mol. The quantitative estimate of drug-likeness (QED) is 0.169. The van der Waals surface area contributed by atoms with Crippen LogP contribution in [0.4, 0.5) is 17.1 Å². The first-order valence-corrected chi connectivity index (χ1v) is 19.8. The van der Waals surface area contributed by atoms with Crippen LogP contribution in [0.5, 0.6) is 0 Å². The molecule has 57 heavy (non-hydrogen) atoms. The molecule has 0 unspecified atom stereocenters. The van der Waals surface area contributed by atoms with E-state index in [9.17, 15) is 0 Å². The molecule has 11 rings (SSSR count). The molecule has 1 aliphatic carbocycles. The lowest BCUT2D eigenvalue weighted by atomic mass is 9.82. The largest absolute Gasteiger partial charge is 0.456 e. The normalized spacial score (nSPS) is 12.9. The predicted octanol–water partition coefficient (Wildman–Crippen LogP) is 15.5. The molecule has 1 aliphatic rings. The van der Waals surface area contributed by atoms with E-state index in [1.54, 1.807) is 0 Å². The molecule has 0 atom stereocenters. The topological polar surface area (TPSA) is 16.4 Å². The summed E-state index contributed by atoms with van der Waals surface area (Å²) in [7, 11) is 0. The highest BCUT2D eigenvalue weighted by Crippen LogP contribution is 2.52. The van der Waals surface area contributed by atoms with E-state index in [-0.39, 0.29) is 5.41 Å². The summed E-state index contributed by atoms with van der Waals surface area (Å²) in [4.78, 5) is 2.47. The summed E-state index contributed by atoms with van der Waals surface area (Å²) in [6, 6.07) is 72.7. The first-order valence-electron chi connectivity index (χ1n) is 19.8. The monoisotopic (exact) mass is 729 g/mol.